The summed E-state index contributed by atoms with van der Waals surface area (Å²) in [5, 5.41) is 2.97. The number of rotatable bonds is 8. The molecule has 0 bridgehead atoms. The first-order valence-electron chi connectivity index (χ1n) is 11.5. The number of amides is 3. The predicted molar refractivity (Wildman–Crippen MR) is 126 cm³/mol. The molecule has 0 spiro atoms. The molecule has 0 aromatic heterocycles. The summed E-state index contributed by atoms with van der Waals surface area (Å²) in [7, 11) is 0. The molecule has 8 heteroatoms. The number of ether oxygens (including phenoxy) is 1. The van der Waals surface area contributed by atoms with E-state index >= 15 is 0 Å². The lowest BCUT2D eigenvalue weighted by molar-refractivity contribution is -0.139. The molecule has 2 heterocycles. The second-order valence-corrected chi connectivity index (χ2v) is 8.53. The minimum Gasteiger partial charge on any atom is -0.463 e. The Labute approximate surface area is 195 Å². The van der Waals surface area contributed by atoms with Crippen LogP contribution in [0.25, 0.3) is 0 Å². The molecule has 3 amide bonds. The van der Waals surface area contributed by atoms with Crippen molar-refractivity contribution in [1.29, 1.82) is 0 Å². The highest BCUT2D eigenvalue weighted by Crippen LogP contribution is 2.32. The maximum absolute atomic E-state index is 13.2. The van der Waals surface area contributed by atoms with Crippen LogP contribution in [0.1, 0.15) is 32.4 Å². The van der Waals surface area contributed by atoms with Crippen LogP contribution in [0.15, 0.2) is 54.3 Å². The Morgan fingerprint density at radius 1 is 1.18 bits per heavy atom. The maximum Gasteiger partial charge on any atom is 0.338 e. The van der Waals surface area contributed by atoms with Gasteiger partial charge in [-0.25, -0.2) is 9.59 Å². The summed E-state index contributed by atoms with van der Waals surface area (Å²) in [5.41, 5.74) is 1.87. The second-order valence-electron chi connectivity index (χ2n) is 8.53. The molecule has 1 N–H and O–H groups in total. The fourth-order valence-corrected chi connectivity index (χ4v) is 4.24. The van der Waals surface area contributed by atoms with Crippen LogP contribution in [0.3, 0.4) is 0 Å². The van der Waals surface area contributed by atoms with Gasteiger partial charge in [0.1, 0.15) is 0 Å². The highest BCUT2D eigenvalue weighted by atomic mass is 16.5. The van der Waals surface area contributed by atoms with Gasteiger partial charge < -0.3 is 15.0 Å². The van der Waals surface area contributed by atoms with Gasteiger partial charge in [-0.1, -0.05) is 50.3 Å². The van der Waals surface area contributed by atoms with E-state index < -0.39 is 12.0 Å². The van der Waals surface area contributed by atoms with E-state index in [9.17, 15) is 14.4 Å². The van der Waals surface area contributed by atoms with Crippen molar-refractivity contribution in [1.82, 2.24) is 20.0 Å². The summed E-state index contributed by atoms with van der Waals surface area (Å²) in [4.78, 5) is 44.2. The zero-order valence-corrected chi connectivity index (χ0v) is 19.8. The minimum absolute atomic E-state index is 0.0357. The van der Waals surface area contributed by atoms with E-state index in [1.807, 2.05) is 49.1 Å². The first kappa shape index (κ1) is 24.5. The summed E-state index contributed by atoms with van der Waals surface area (Å²) in [6.07, 6.45) is 1.64. The van der Waals surface area contributed by atoms with Crippen LogP contribution in [-0.2, 0) is 14.3 Å². The smallest absolute Gasteiger partial charge is 0.338 e. The number of nitrogens with zero attached hydrogens (tertiary/aromatic N) is 3. The minimum atomic E-state index is -0.599. The molecule has 2 aliphatic heterocycles. The van der Waals surface area contributed by atoms with Crippen LogP contribution in [0.4, 0.5) is 4.79 Å². The number of benzene rings is 1. The van der Waals surface area contributed by atoms with Crippen LogP contribution in [-0.4, -0.2) is 78.5 Å². The van der Waals surface area contributed by atoms with Crippen LogP contribution in [0.5, 0.6) is 0 Å². The Morgan fingerprint density at radius 3 is 2.42 bits per heavy atom. The lowest BCUT2D eigenvalue weighted by Gasteiger charge is -2.40. The van der Waals surface area contributed by atoms with Crippen LogP contribution < -0.4 is 5.32 Å². The Balaban J connectivity index is 1.95. The molecule has 0 unspecified atom stereocenters. The van der Waals surface area contributed by atoms with Crippen molar-refractivity contribution in [3.63, 3.8) is 0 Å². The van der Waals surface area contributed by atoms with Gasteiger partial charge in [-0.05, 0) is 12.5 Å². The van der Waals surface area contributed by atoms with E-state index in [0.717, 1.165) is 5.56 Å². The average molecular weight is 455 g/mol. The molecule has 178 valence electrons. The molecule has 0 saturated carbocycles. The number of carbonyl (C=O) groups excluding carboxylic acids is 3. The maximum atomic E-state index is 13.2. The van der Waals surface area contributed by atoms with Crippen molar-refractivity contribution >= 4 is 17.9 Å². The molecular formula is C25H34N4O4. The number of carbonyl (C=O) groups is 3. The molecule has 1 aromatic rings. The lowest BCUT2D eigenvalue weighted by atomic mass is 9.94. The van der Waals surface area contributed by atoms with Crippen molar-refractivity contribution < 1.29 is 19.1 Å². The third kappa shape index (κ3) is 5.63. The molecule has 1 aromatic carbocycles. The topological polar surface area (TPSA) is 82.2 Å². The first-order chi connectivity index (χ1) is 15.9. The van der Waals surface area contributed by atoms with Gasteiger partial charge in [-0.2, -0.15) is 0 Å². The largest absolute Gasteiger partial charge is 0.463 e. The van der Waals surface area contributed by atoms with Gasteiger partial charge >= 0.3 is 12.0 Å². The van der Waals surface area contributed by atoms with Gasteiger partial charge in [-0.15, -0.1) is 6.58 Å². The molecule has 0 radical (unpaired) electrons. The molecule has 2 aliphatic rings. The summed E-state index contributed by atoms with van der Waals surface area (Å²) < 4.78 is 5.42. The predicted octanol–water partition coefficient (Wildman–Crippen LogP) is 2.56. The quantitative estimate of drug-likeness (QED) is 0.482. The number of hydrogen-bond donors (Lipinski definition) is 1. The van der Waals surface area contributed by atoms with Gasteiger partial charge in [-0.3, -0.25) is 14.6 Å². The van der Waals surface area contributed by atoms with E-state index in [1.165, 1.54) is 0 Å². The average Bonchev–Trinajstić information content (AvgIpc) is 2.81. The van der Waals surface area contributed by atoms with Gasteiger partial charge in [0.25, 0.3) is 0 Å². The molecule has 33 heavy (non-hydrogen) atoms. The number of esters is 1. The third-order valence-corrected chi connectivity index (χ3v) is 5.93. The Morgan fingerprint density at radius 2 is 1.85 bits per heavy atom. The Kier molecular flexibility index (Phi) is 8.27. The molecular weight excluding hydrogens is 420 g/mol. The first-order valence-corrected chi connectivity index (χ1v) is 11.5. The SMILES string of the molecule is C=CCN1C(=O)N[C@H](c2ccccc2)C(C(=O)OCC)=C1CN1CCN(C(=O)C(C)C)CC1. The van der Waals surface area contributed by atoms with E-state index in [0.29, 0.717) is 44.0 Å². The summed E-state index contributed by atoms with van der Waals surface area (Å²) in [5.74, 6) is -0.328. The van der Waals surface area contributed by atoms with Crippen LogP contribution in [0.2, 0.25) is 0 Å². The highest BCUT2D eigenvalue weighted by molar-refractivity contribution is 5.95. The fourth-order valence-electron chi connectivity index (χ4n) is 4.24. The monoisotopic (exact) mass is 454 g/mol. The van der Waals surface area contributed by atoms with Gasteiger partial charge in [0.2, 0.25) is 5.91 Å². The van der Waals surface area contributed by atoms with Crippen molar-refractivity contribution in [2.75, 3.05) is 45.9 Å². The summed E-state index contributed by atoms with van der Waals surface area (Å²) in [6, 6.07) is 8.56. The number of nitrogens with one attached hydrogen (secondary N) is 1. The van der Waals surface area contributed by atoms with Gasteiger partial charge in [0.05, 0.1) is 18.2 Å². The molecule has 1 saturated heterocycles. The molecule has 8 nitrogen and oxygen atoms in total. The molecule has 1 fully saturated rings. The molecule has 1 atom stereocenters. The zero-order valence-electron chi connectivity index (χ0n) is 19.8. The Hall–Kier alpha value is -3.13. The summed E-state index contributed by atoms with van der Waals surface area (Å²) >= 11 is 0. The second kappa shape index (κ2) is 11.1. The van der Waals surface area contributed by atoms with E-state index in [2.05, 4.69) is 16.8 Å². The fraction of sp³-hybridized carbons (Fsp3) is 0.480. The van der Waals surface area contributed by atoms with E-state index in [-0.39, 0.29) is 31.0 Å². The van der Waals surface area contributed by atoms with Gasteiger partial charge in [0, 0.05) is 50.9 Å². The van der Waals surface area contributed by atoms with Crippen molar-refractivity contribution in [3.05, 3.63) is 59.8 Å². The van der Waals surface area contributed by atoms with E-state index in [4.69, 9.17) is 4.74 Å². The molecule has 0 aliphatic carbocycles. The standard InChI is InChI=1S/C25H34N4O4/c1-5-12-29-20(17-27-13-15-28(16-14-27)23(30)18(3)4)21(24(31)33-6-2)22(26-25(29)32)19-10-8-7-9-11-19/h5,7-11,18,22H,1,6,12-17H2,2-4H3,(H,26,32)/t22-/m1/s1. The van der Waals surface area contributed by atoms with Gasteiger partial charge in [0.15, 0.2) is 0 Å². The number of urea groups is 1. The van der Waals surface area contributed by atoms with Crippen LogP contribution in [0, 0.1) is 5.92 Å². The third-order valence-electron chi connectivity index (χ3n) is 5.93. The lowest BCUT2D eigenvalue weighted by Crippen LogP contribution is -2.54. The van der Waals surface area contributed by atoms with Crippen molar-refractivity contribution in [2.45, 2.75) is 26.8 Å². The van der Waals surface area contributed by atoms with E-state index in [1.54, 1.807) is 17.9 Å². The van der Waals surface area contributed by atoms with Crippen molar-refractivity contribution in [3.8, 4) is 0 Å². The number of piperazine rings is 1. The van der Waals surface area contributed by atoms with Crippen LogP contribution >= 0.6 is 0 Å². The highest BCUT2D eigenvalue weighted by Gasteiger charge is 2.38. The Bertz CT molecular complexity index is 904. The van der Waals surface area contributed by atoms with Crippen molar-refractivity contribution in [2.24, 2.45) is 5.92 Å². The zero-order chi connectivity index (χ0) is 24.0. The summed E-state index contributed by atoms with van der Waals surface area (Å²) in [6.45, 7) is 12.8. The molecule has 3 rings (SSSR count). The normalized spacial score (nSPS) is 19.5. The number of hydrogen-bond acceptors (Lipinski definition) is 5.